The third kappa shape index (κ3) is 7.79. The van der Waals surface area contributed by atoms with Gasteiger partial charge in [0.2, 0.25) is 0 Å². The van der Waals surface area contributed by atoms with Gasteiger partial charge in [0.1, 0.15) is 19.7 Å². The normalized spacial score (nSPS) is 11.5. The smallest absolute Gasteiger partial charge is 0.336 e. The fourth-order valence-corrected chi connectivity index (χ4v) is 3.17. The summed E-state index contributed by atoms with van der Waals surface area (Å²) in [5.41, 5.74) is -2.54. The summed E-state index contributed by atoms with van der Waals surface area (Å²) in [7, 11) is -6.82. The Morgan fingerprint density at radius 3 is 1.27 bits per heavy atom. The maximum atomic E-state index is 12.3. The van der Waals surface area contributed by atoms with Gasteiger partial charge in [0.25, 0.3) is 11.8 Å². The van der Waals surface area contributed by atoms with Crippen molar-refractivity contribution in [2.24, 2.45) is 0 Å². The molecule has 1 aromatic carbocycles. The molecular weight excluding hydrogens is 444 g/mol. The van der Waals surface area contributed by atoms with Gasteiger partial charge in [0.15, 0.2) is 0 Å². The van der Waals surface area contributed by atoms with Crippen LogP contribution in [0.15, 0.2) is 12.1 Å². The topological polar surface area (TPSA) is 201 Å². The number of nitrogens with one attached hydrogen (secondary N) is 2. The summed E-state index contributed by atoms with van der Waals surface area (Å²) in [6.07, 6.45) is 1.87. The van der Waals surface area contributed by atoms with E-state index < -0.39 is 77.2 Å². The molecule has 1 rings (SSSR count). The third-order valence-corrected chi connectivity index (χ3v) is 5.52. The minimum absolute atomic E-state index is 0.340. The molecule has 0 spiro atoms. The first-order chi connectivity index (χ1) is 13.6. The van der Waals surface area contributed by atoms with E-state index in [1.807, 2.05) is 0 Å². The van der Waals surface area contributed by atoms with Crippen molar-refractivity contribution in [3.63, 3.8) is 0 Å². The molecule has 0 fully saturated rings. The van der Waals surface area contributed by atoms with Gasteiger partial charge in [0, 0.05) is 25.6 Å². The van der Waals surface area contributed by atoms with Crippen LogP contribution in [0.2, 0.25) is 0 Å². The van der Waals surface area contributed by atoms with Crippen LogP contribution in [0.1, 0.15) is 41.4 Å². The van der Waals surface area contributed by atoms with Gasteiger partial charge in [0.05, 0.1) is 33.8 Å². The Morgan fingerprint density at radius 1 is 0.700 bits per heavy atom. The average molecular weight is 464 g/mol. The first kappa shape index (κ1) is 25.0. The molecule has 0 bridgehead atoms. The molecule has 4 N–H and O–H groups in total. The highest BCUT2D eigenvalue weighted by Gasteiger charge is 2.25. The van der Waals surface area contributed by atoms with E-state index >= 15 is 0 Å². The number of hydrogen-bond acceptors (Lipinski definition) is 8. The average Bonchev–Trinajstić information content (AvgIpc) is 2.57. The van der Waals surface area contributed by atoms with Crippen LogP contribution in [-0.4, -0.2) is 87.9 Å². The lowest BCUT2D eigenvalue weighted by Crippen LogP contribution is -2.32. The zero-order valence-corrected chi connectivity index (χ0v) is 17.6. The van der Waals surface area contributed by atoms with Crippen LogP contribution in [0, 0.1) is 0 Å². The molecule has 166 valence electrons. The van der Waals surface area contributed by atoms with Gasteiger partial charge in [-0.2, -0.15) is 0 Å². The predicted molar refractivity (Wildman–Crippen MR) is 104 cm³/mol. The number of hydrogen-bond donors (Lipinski definition) is 4. The van der Waals surface area contributed by atoms with Crippen molar-refractivity contribution in [3.05, 3.63) is 34.4 Å². The number of rotatable bonds is 10. The van der Waals surface area contributed by atoms with Crippen LogP contribution in [0.3, 0.4) is 0 Å². The molecule has 0 heterocycles. The van der Waals surface area contributed by atoms with Gasteiger partial charge in [-0.15, -0.1) is 0 Å². The number of carboxylic acid groups (broad SMARTS) is 2. The molecule has 14 heteroatoms. The van der Waals surface area contributed by atoms with Crippen molar-refractivity contribution in [2.45, 2.75) is 0 Å². The van der Waals surface area contributed by atoms with Gasteiger partial charge < -0.3 is 20.8 Å². The van der Waals surface area contributed by atoms with E-state index in [0.29, 0.717) is 6.07 Å². The molecule has 0 saturated heterocycles. The maximum absolute atomic E-state index is 12.3. The fraction of sp³-hybridized carbons (Fsp3) is 0.375. The standard InChI is InChI=1S/C16H20N2O10S2/c1-29(25,26)5-3-17-13(19)9-7-10(14(20)18-4-6-30(2,27)28)12(16(23)24)8-11(9)15(21)22/h7-8H,3-6H2,1-2H3,(H,17,19)(H,18,20)(H,21,22)(H,23,24). The third-order valence-electron chi connectivity index (χ3n) is 3.62. The van der Waals surface area contributed by atoms with Crippen LogP contribution < -0.4 is 10.6 Å². The second-order valence-corrected chi connectivity index (χ2v) is 10.8. The lowest BCUT2D eigenvalue weighted by molar-refractivity contribution is 0.0687. The first-order valence-electron chi connectivity index (χ1n) is 8.19. The van der Waals surface area contributed by atoms with E-state index in [0.717, 1.165) is 18.6 Å². The van der Waals surface area contributed by atoms with E-state index in [9.17, 15) is 46.2 Å². The van der Waals surface area contributed by atoms with E-state index in [1.165, 1.54) is 0 Å². The monoisotopic (exact) mass is 464 g/mol. The summed E-state index contributed by atoms with van der Waals surface area (Å²) < 4.78 is 44.6. The number of amides is 2. The van der Waals surface area contributed by atoms with Crippen LogP contribution in [0.25, 0.3) is 0 Å². The van der Waals surface area contributed by atoms with E-state index in [1.54, 1.807) is 0 Å². The number of aromatic carboxylic acids is 2. The summed E-state index contributed by atoms with van der Waals surface area (Å²) in [6, 6.07) is 1.38. The summed E-state index contributed by atoms with van der Waals surface area (Å²) in [6.45, 7) is -0.680. The Balaban J connectivity index is 3.31. The Kier molecular flexibility index (Phi) is 8.07. The van der Waals surface area contributed by atoms with E-state index in [4.69, 9.17) is 0 Å². The van der Waals surface area contributed by atoms with Crippen molar-refractivity contribution in [3.8, 4) is 0 Å². The van der Waals surface area contributed by atoms with Gasteiger partial charge in [-0.1, -0.05) is 0 Å². The molecule has 0 aromatic heterocycles. The molecule has 0 atom stereocenters. The van der Waals surface area contributed by atoms with Crippen molar-refractivity contribution >= 4 is 43.4 Å². The molecule has 0 unspecified atom stereocenters. The van der Waals surface area contributed by atoms with Crippen molar-refractivity contribution in [1.29, 1.82) is 0 Å². The van der Waals surface area contributed by atoms with Gasteiger partial charge in [-0.05, 0) is 12.1 Å². The van der Waals surface area contributed by atoms with E-state index in [-0.39, 0.29) is 13.1 Å². The molecular formula is C16H20N2O10S2. The molecule has 0 saturated carbocycles. The van der Waals surface area contributed by atoms with Crippen LogP contribution in [-0.2, 0) is 19.7 Å². The SMILES string of the molecule is CS(=O)(=O)CCNC(=O)c1cc(C(=O)NCCS(C)(=O)=O)c(C(=O)O)cc1C(=O)O. The maximum Gasteiger partial charge on any atom is 0.336 e. The van der Waals surface area contributed by atoms with Gasteiger partial charge >= 0.3 is 11.9 Å². The molecule has 12 nitrogen and oxygen atoms in total. The molecule has 2 amide bonds. The molecule has 0 aliphatic heterocycles. The van der Waals surface area contributed by atoms with Crippen molar-refractivity contribution < 1.29 is 46.2 Å². The second-order valence-electron chi connectivity index (χ2n) is 6.33. The first-order valence-corrected chi connectivity index (χ1v) is 12.3. The van der Waals surface area contributed by atoms with Gasteiger partial charge in [-0.25, -0.2) is 26.4 Å². The number of carboxylic acids is 2. The molecule has 1 aromatic rings. The van der Waals surface area contributed by atoms with Crippen LogP contribution in [0.5, 0.6) is 0 Å². The lowest BCUT2D eigenvalue weighted by atomic mass is 9.97. The highest BCUT2D eigenvalue weighted by atomic mass is 32.2. The Bertz CT molecular complexity index is 1010. The summed E-state index contributed by atoms with van der Waals surface area (Å²) in [5, 5.41) is 23.0. The fourth-order valence-electron chi connectivity index (χ4n) is 2.22. The molecule has 30 heavy (non-hydrogen) atoms. The molecule has 0 aliphatic rings. The highest BCUT2D eigenvalue weighted by molar-refractivity contribution is 7.90. The lowest BCUT2D eigenvalue weighted by Gasteiger charge is -2.13. The summed E-state index contributed by atoms with van der Waals surface area (Å²) in [5.74, 6) is -6.19. The second kappa shape index (κ2) is 9.67. The quantitative estimate of drug-likeness (QED) is 0.320. The predicted octanol–water partition coefficient (Wildman–Crippen LogP) is -1.37. The number of carbonyl (C=O) groups is 4. The number of sulfone groups is 2. The summed E-state index contributed by atoms with van der Waals surface area (Å²) >= 11 is 0. The van der Waals surface area contributed by atoms with E-state index in [2.05, 4.69) is 10.6 Å². The van der Waals surface area contributed by atoms with Crippen molar-refractivity contribution in [2.75, 3.05) is 37.1 Å². The Hall–Kier alpha value is -3.00. The summed E-state index contributed by atoms with van der Waals surface area (Å²) in [4.78, 5) is 47.6. The van der Waals surface area contributed by atoms with Crippen LogP contribution in [0.4, 0.5) is 0 Å². The zero-order valence-electron chi connectivity index (χ0n) is 16.0. The minimum Gasteiger partial charge on any atom is -0.478 e. The van der Waals surface area contributed by atoms with Gasteiger partial charge in [-0.3, -0.25) is 9.59 Å². The largest absolute Gasteiger partial charge is 0.478 e. The molecule has 0 radical (unpaired) electrons. The molecule has 0 aliphatic carbocycles. The van der Waals surface area contributed by atoms with Crippen LogP contribution >= 0.6 is 0 Å². The Morgan fingerprint density at radius 2 is 1.00 bits per heavy atom. The number of benzene rings is 1. The number of carbonyl (C=O) groups excluding carboxylic acids is 2. The minimum atomic E-state index is -3.41. The zero-order chi connectivity index (χ0) is 23.3. The van der Waals surface area contributed by atoms with Crippen molar-refractivity contribution in [1.82, 2.24) is 10.6 Å². The Labute approximate surface area is 172 Å². The highest BCUT2D eigenvalue weighted by Crippen LogP contribution is 2.18.